The van der Waals surface area contributed by atoms with Gasteiger partial charge in [-0.05, 0) is 70.8 Å². The minimum absolute atomic E-state index is 0.00767. The summed E-state index contributed by atoms with van der Waals surface area (Å²) in [4.78, 5) is 256. The number of aliphatic carboxylic acids is 3. The summed E-state index contributed by atoms with van der Waals surface area (Å²) in [6, 6.07) is -16.4. The molecule has 0 spiro atoms. The third kappa shape index (κ3) is 37.5. The minimum atomic E-state index is -2.04. The van der Waals surface area contributed by atoms with Gasteiger partial charge in [-0.3, -0.25) is 96.5 Å². The van der Waals surface area contributed by atoms with E-state index in [1.807, 2.05) is 0 Å². The molecule has 1 aromatic carbocycles. The second kappa shape index (κ2) is 50.4. The van der Waals surface area contributed by atoms with Crippen LogP contribution in [-0.2, 0) is 104 Å². The van der Waals surface area contributed by atoms with E-state index in [0.717, 1.165) is 20.8 Å². The number of aliphatic hydroxyl groups excluding tert-OH is 4. The Balaban J connectivity index is 2.29. The average Bonchev–Trinajstić information content (AvgIpc) is 1.47. The number of aliphatic hydroxyl groups is 4. The van der Waals surface area contributed by atoms with Crippen molar-refractivity contribution in [2.24, 2.45) is 28.9 Å². The van der Waals surface area contributed by atoms with Crippen LogP contribution < -0.4 is 103 Å². The molecule has 638 valence electrons. The van der Waals surface area contributed by atoms with E-state index in [2.05, 4.69) is 89.7 Å². The normalized spacial score (nSPS) is 14.9. The maximum absolute atomic E-state index is 14.2. The number of carbonyl (C=O) groups excluding carboxylic acids is 16. The quantitative estimate of drug-likeness (QED) is 0.0166. The van der Waals surface area contributed by atoms with Gasteiger partial charge in [-0.2, -0.15) is 0 Å². The maximum Gasteiger partial charge on any atom is 0.303 e. The Labute approximate surface area is 656 Å². The first-order valence-electron chi connectivity index (χ1n) is 35.8. The van der Waals surface area contributed by atoms with Gasteiger partial charge in [0.05, 0.1) is 51.3 Å². The lowest BCUT2D eigenvalue weighted by Gasteiger charge is -2.28. The van der Waals surface area contributed by atoms with Gasteiger partial charge >= 0.3 is 17.9 Å². The van der Waals surface area contributed by atoms with Gasteiger partial charge in [-0.15, -0.1) is 0 Å². The molecule has 2 aromatic rings. The molecule has 48 nitrogen and oxygen atoms in total. The highest BCUT2D eigenvalue weighted by Crippen LogP contribution is 2.12. The number of hydrogen-bond donors (Lipinski definition) is 28. The zero-order valence-corrected chi connectivity index (χ0v) is 63.4. The number of carbonyl (C=O) groups is 19. The van der Waals surface area contributed by atoms with E-state index in [1.165, 1.54) is 24.7 Å². The lowest BCUT2D eigenvalue weighted by molar-refractivity contribution is -0.139. The van der Waals surface area contributed by atoms with Gasteiger partial charge in [0.2, 0.25) is 94.5 Å². The number of benzene rings is 1. The summed E-state index contributed by atoms with van der Waals surface area (Å²) in [7, 11) is 0. The number of carboxylic acids is 3. The maximum atomic E-state index is 14.2. The summed E-state index contributed by atoms with van der Waals surface area (Å²) in [6.07, 6.45) is -4.65. The van der Waals surface area contributed by atoms with Crippen LogP contribution in [0.25, 0.3) is 0 Å². The van der Waals surface area contributed by atoms with Crippen LogP contribution in [0.4, 0.5) is 0 Å². The number of carboxylic acid groups (broad SMARTS) is 3. The minimum Gasteiger partial charge on any atom is -0.481 e. The summed E-state index contributed by atoms with van der Waals surface area (Å²) < 4.78 is 0. The third-order valence-electron chi connectivity index (χ3n) is 16.6. The second-order valence-corrected chi connectivity index (χ2v) is 26.7. The van der Waals surface area contributed by atoms with E-state index in [1.54, 1.807) is 32.0 Å². The molecule has 0 radical (unpaired) electrons. The number of nitrogens with zero attached hydrogens (tertiary/aromatic N) is 1. The van der Waals surface area contributed by atoms with E-state index in [0.29, 0.717) is 5.56 Å². The molecule has 0 fully saturated rings. The van der Waals surface area contributed by atoms with Gasteiger partial charge in [0.1, 0.15) is 78.5 Å². The molecule has 1 aromatic heterocycles. The van der Waals surface area contributed by atoms with E-state index >= 15 is 0 Å². The molecule has 32 N–H and O–H groups in total. The SMILES string of the molecule is CC(C)C[C@H](NC(=O)[C@H](Cc1cnc[nH]1)NC(=O)[C@H](CC(N)=O)NC(=O)[C@H](CCC(=O)O)NC(=O)[C@H](CO)NC(=O)[C@H](C)NC(=O)[C@@H](NC(=O)[C@H](Cc1ccccc1)NC(=O)[C@H](CO)NC(=O)CNC(=O)[C@H](CO)NC(=O)[C@H](CCC(=O)O)NC(=O)[C@H](C)NC(=O)[C@@H](N)CCC(=O)O)[C@@H](C)O)C(=O)N[C@@H](CCCNC(=N)N)C(N)=O. The number of aromatic amines is 1. The van der Waals surface area contributed by atoms with Crippen LogP contribution in [0.15, 0.2) is 42.9 Å². The van der Waals surface area contributed by atoms with Crippen molar-refractivity contribution in [3.63, 3.8) is 0 Å². The van der Waals surface area contributed by atoms with E-state index in [9.17, 15) is 122 Å². The van der Waals surface area contributed by atoms with Crippen LogP contribution >= 0.6 is 0 Å². The smallest absolute Gasteiger partial charge is 0.303 e. The van der Waals surface area contributed by atoms with Crippen LogP contribution in [0.1, 0.15) is 110 Å². The van der Waals surface area contributed by atoms with Crippen LogP contribution in [0, 0.1) is 11.3 Å². The average molecular weight is 1630 g/mol. The Morgan fingerprint density at radius 3 is 1.36 bits per heavy atom. The standard InChI is InChI=1S/C67H104N22O26/c1-30(2)20-40(60(109)80-37(53(70)102)12-9-19-74-67(71)72)83-61(110)42(22-35-24-73-29-76-35)85-62(111)43(23-47(69)94)86-58(107)39(15-18-51(100)101)82-65(114)46(28-92)87-55(104)32(4)78-66(115)52(33(5)93)89-63(112)41(21-34-10-7-6-8-11-34)84-64(113)45(27-91)79-48(95)25-75-57(106)44(26-90)88-59(108)38(14-17-50(98)99)81-54(103)31(3)77-56(105)36(68)13-16-49(96)97/h6-8,10-11,24,29-33,36-46,52,90-93H,9,12-23,25-28,68H2,1-5H3,(H2,69,94)(H2,70,102)(H,73,76)(H,75,106)(H,77,105)(H,78,115)(H,79,95)(H,80,109)(H,81,103)(H,82,114)(H,83,110)(H,84,113)(H,85,111)(H,86,107)(H,87,104)(H,88,108)(H,89,112)(H,96,97)(H,98,99)(H,100,101)(H4,71,72,74)/t31-,32-,33+,36-,37-,38-,39-,40-,41-,42-,43-,44-,45-,46-,52-/m0/s1. The number of H-pyrrole nitrogens is 1. The van der Waals surface area contributed by atoms with Crippen molar-refractivity contribution >= 4 is 118 Å². The number of aromatic nitrogens is 2. The molecule has 16 amide bonds. The summed E-state index contributed by atoms with van der Waals surface area (Å²) in [6.45, 7) is 2.14. The molecule has 1 heterocycles. The lowest BCUT2D eigenvalue weighted by atomic mass is 10.0. The molecule has 0 aliphatic heterocycles. The zero-order valence-electron chi connectivity index (χ0n) is 63.4. The van der Waals surface area contributed by atoms with Gasteiger partial charge in [-0.1, -0.05) is 44.2 Å². The van der Waals surface area contributed by atoms with Crippen LogP contribution in [0.2, 0.25) is 0 Å². The third-order valence-corrected chi connectivity index (χ3v) is 16.6. The number of primary amides is 2. The summed E-state index contributed by atoms with van der Waals surface area (Å²) in [5.41, 5.74) is 22.6. The topological polar surface area (TPSA) is 803 Å². The number of imidazole rings is 1. The van der Waals surface area contributed by atoms with Crippen molar-refractivity contribution in [1.29, 1.82) is 5.41 Å². The van der Waals surface area contributed by atoms with Crippen molar-refractivity contribution < 1.29 is 127 Å². The van der Waals surface area contributed by atoms with Gasteiger partial charge in [0.25, 0.3) is 0 Å². The Kier molecular flexibility index (Phi) is 43.2. The Hall–Kier alpha value is -12.6. The van der Waals surface area contributed by atoms with Crippen LogP contribution in [-0.4, -0.2) is 288 Å². The highest BCUT2D eigenvalue weighted by Gasteiger charge is 2.38. The Morgan fingerprint density at radius 2 is 0.870 bits per heavy atom. The largest absolute Gasteiger partial charge is 0.481 e. The molecule has 2 rings (SSSR count). The number of rotatable bonds is 54. The fourth-order valence-corrected chi connectivity index (χ4v) is 10.3. The summed E-state index contributed by atoms with van der Waals surface area (Å²) >= 11 is 0. The number of hydrogen-bond acceptors (Lipinski definition) is 26. The van der Waals surface area contributed by atoms with Crippen LogP contribution in [0.5, 0.6) is 0 Å². The van der Waals surface area contributed by atoms with Crippen molar-refractivity contribution in [2.45, 2.75) is 202 Å². The molecule has 0 unspecified atom stereocenters. The van der Waals surface area contributed by atoms with Crippen molar-refractivity contribution in [2.75, 3.05) is 32.9 Å². The molecule has 0 aliphatic rings. The first-order valence-corrected chi connectivity index (χ1v) is 35.8. The van der Waals surface area contributed by atoms with Gasteiger partial charge in [-0.25, -0.2) is 4.98 Å². The molecular weight excluding hydrogens is 1530 g/mol. The van der Waals surface area contributed by atoms with Gasteiger partial charge in [0, 0.05) is 50.5 Å². The van der Waals surface area contributed by atoms with Crippen LogP contribution in [0.3, 0.4) is 0 Å². The van der Waals surface area contributed by atoms with Gasteiger partial charge < -0.3 is 143 Å². The highest BCUT2D eigenvalue weighted by atomic mass is 16.4. The van der Waals surface area contributed by atoms with Crippen molar-refractivity contribution in [3.05, 3.63) is 54.1 Å². The van der Waals surface area contributed by atoms with Crippen molar-refractivity contribution in [3.8, 4) is 0 Å². The Bertz CT molecular complexity index is 3720. The molecular formula is C67H104N22O26. The molecule has 15 atom stereocenters. The summed E-state index contributed by atoms with van der Waals surface area (Å²) in [5.74, 6) is -23.6. The molecule has 0 aliphatic carbocycles. The number of amides is 16. The molecule has 0 saturated heterocycles. The van der Waals surface area contributed by atoms with Crippen molar-refractivity contribution in [1.82, 2.24) is 89.7 Å². The molecule has 48 heteroatoms. The second-order valence-electron chi connectivity index (χ2n) is 26.7. The van der Waals surface area contributed by atoms with E-state index < -0.39 is 268 Å². The lowest BCUT2D eigenvalue weighted by Crippen LogP contribution is -2.62. The number of nitrogens with one attached hydrogen (secondary N) is 17. The first-order chi connectivity index (χ1) is 54.0. The monoisotopic (exact) mass is 1630 g/mol. The fraction of sp³-hybridized carbons (Fsp3) is 0.567. The molecule has 115 heavy (non-hydrogen) atoms. The zero-order chi connectivity index (χ0) is 86.9. The first kappa shape index (κ1) is 98.5. The predicted octanol–water partition coefficient (Wildman–Crippen LogP) is -12.4. The highest BCUT2D eigenvalue weighted by molar-refractivity contribution is 6.01. The van der Waals surface area contributed by atoms with E-state index in [-0.39, 0.29) is 62.6 Å². The fourth-order valence-electron chi connectivity index (χ4n) is 10.3. The molecule has 0 saturated carbocycles. The predicted molar refractivity (Wildman–Crippen MR) is 395 cm³/mol. The Morgan fingerprint density at radius 1 is 0.452 bits per heavy atom. The molecule has 0 bridgehead atoms. The summed E-state index contributed by atoms with van der Waals surface area (Å²) in [5, 5.41) is 110. The number of nitrogens with two attached hydrogens (primary N) is 4. The van der Waals surface area contributed by atoms with Gasteiger partial charge in [0.15, 0.2) is 5.96 Å². The number of guanidine groups is 1. The van der Waals surface area contributed by atoms with E-state index in [4.69, 9.17) is 33.5 Å².